The number of rotatable bonds is 7. The van der Waals surface area contributed by atoms with Crippen LogP contribution in [0.3, 0.4) is 0 Å². The fourth-order valence-corrected chi connectivity index (χ4v) is 8.49. The number of allylic oxidation sites excluding steroid dienone is 4. The van der Waals surface area contributed by atoms with Gasteiger partial charge in [0.25, 0.3) is 0 Å². The van der Waals surface area contributed by atoms with Crippen molar-refractivity contribution in [2.24, 2.45) is 0 Å². The number of nitrogens with zero attached hydrogens (tertiary/aromatic N) is 5. The first-order valence-electron chi connectivity index (χ1n) is 20.1. The molecule has 278 valence electrons. The van der Waals surface area contributed by atoms with Crippen LogP contribution in [-0.4, -0.2) is 24.3 Å². The Hall–Kier alpha value is -7.76. The van der Waals surface area contributed by atoms with Gasteiger partial charge in [-0.25, -0.2) is 19.9 Å². The molecular weight excluding hydrogens is 719 g/mol. The van der Waals surface area contributed by atoms with Crippen molar-refractivity contribution < 1.29 is 0 Å². The third kappa shape index (κ3) is 6.30. The van der Waals surface area contributed by atoms with E-state index in [4.69, 9.17) is 19.9 Å². The molecule has 5 nitrogen and oxygen atoms in total. The van der Waals surface area contributed by atoms with Crippen LogP contribution in [0, 0.1) is 0 Å². The maximum absolute atomic E-state index is 5.45. The van der Waals surface area contributed by atoms with E-state index in [9.17, 15) is 0 Å². The second kappa shape index (κ2) is 14.6. The minimum Gasteiger partial charge on any atom is -0.284 e. The molecule has 0 aliphatic heterocycles. The Morgan fingerprint density at radius 2 is 0.949 bits per heavy atom. The lowest BCUT2D eigenvalue weighted by Gasteiger charge is -2.24. The summed E-state index contributed by atoms with van der Waals surface area (Å²) in [5, 5.41) is 2.22. The Morgan fingerprint density at radius 3 is 1.56 bits per heavy atom. The molecule has 59 heavy (non-hydrogen) atoms. The standard InChI is InChI=1S/C54H37N5/c1-4-15-36(16-5-1)38-26-30-40(31-27-38)50-48(51(57-53(56-50)42-19-8-3-9-20-42)41-32-28-39(29-33-41)37-17-6-2-7-18-37)43-21-14-22-44(35-43)49-45-23-10-11-24-46(45)52-54(58-49)59-34-13-12-25-47(59)55-52/h1-34,44H,35H2. The first kappa shape index (κ1) is 34.5. The van der Waals surface area contributed by atoms with Crippen molar-refractivity contribution in [2.75, 3.05) is 0 Å². The van der Waals surface area contributed by atoms with Crippen molar-refractivity contribution >= 4 is 33.2 Å². The van der Waals surface area contributed by atoms with Gasteiger partial charge in [-0.1, -0.05) is 188 Å². The average Bonchev–Trinajstić information content (AvgIpc) is 3.71. The number of aromatic nitrogens is 5. The molecule has 1 atom stereocenters. The van der Waals surface area contributed by atoms with Crippen LogP contribution in [0.2, 0.25) is 0 Å². The summed E-state index contributed by atoms with van der Waals surface area (Å²) in [6, 6.07) is 63.6. The maximum atomic E-state index is 5.45. The Morgan fingerprint density at radius 1 is 0.441 bits per heavy atom. The fourth-order valence-electron chi connectivity index (χ4n) is 8.49. The first-order valence-corrected chi connectivity index (χ1v) is 20.1. The molecular formula is C54H37N5. The van der Waals surface area contributed by atoms with Crippen LogP contribution < -0.4 is 0 Å². The number of imidazole rings is 1. The number of pyridine rings is 2. The van der Waals surface area contributed by atoms with Crippen LogP contribution in [-0.2, 0) is 0 Å². The highest BCUT2D eigenvalue weighted by atomic mass is 15.1. The van der Waals surface area contributed by atoms with Gasteiger partial charge < -0.3 is 0 Å². The van der Waals surface area contributed by atoms with E-state index in [0.29, 0.717) is 12.2 Å². The third-order valence-electron chi connectivity index (χ3n) is 11.4. The molecule has 0 fully saturated rings. The normalized spacial score (nSPS) is 13.9. The minimum atomic E-state index is -0.00558. The molecule has 0 bridgehead atoms. The smallest absolute Gasteiger partial charge is 0.165 e. The molecule has 0 amide bonds. The monoisotopic (exact) mass is 755 g/mol. The van der Waals surface area contributed by atoms with Gasteiger partial charge in [-0.15, -0.1) is 0 Å². The van der Waals surface area contributed by atoms with Gasteiger partial charge in [-0.2, -0.15) is 0 Å². The maximum Gasteiger partial charge on any atom is 0.165 e. The zero-order valence-corrected chi connectivity index (χ0v) is 32.2. The molecule has 10 aromatic rings. The second-order valence-corrected chi connectivity index (χ2v) is 15.0. The molecule has 0 radical (unpaired) electrons. The summed E-state index contributed by atoms with van der Waals surface area (Å²) in [7, 11) is 0. The van der Waals surface area contributed by atoms with Gasteiger partial charge in [0.05, 0.1) is 17.1 Å². The molecule has 1 aliphatic carbocycles. The van der Waals surface area contributed by atoms with E-state index < -0.39 is 0 Å². The van der Waals surface area contributed by atoms with E-state index in [-0.39, 0.29) is 5.92 Å². The Kier molecular flexibility index (Phi) is 8.55. The molecule has 0 N–H and O–H groups in total. The zero-order valence-electron chi connectivity index (χ0n) is 32.2. The van der Waals surface area contributed by atoms with Crippen LogP contribution in [0.5, 0.6) is 0 Å². The highest BCUT2D eigenvalue weighted by Gasteiger charge is 2.27. The molecule has 5 heteroatoms. The first-order chi connectivity index (χ1) is 29.2. The van der Waals surface area contributed by atoms with Crippen LogP contribution in [0.4, 0.5) is 0 Å². The summed E-state index contributed by atoms with van der Waals surface area (Å²) in [4.78, 5) is 21.4. The van der Waals surface area contributed by atoms with E-state index in [0.717, 1.165) is 83.6 Å². The predicted octanol–water partition coefficient (Wildman–Crippen LogP) is 13.3. The van der Waals surface area contributed by atoms with Crippen LogP contribution >= 0.6 is 0 Å². The lowest BCUT2D eigenvalue weighted by molar-refractivity contribution is 0.840. The Balaban J connectivity index is 1.11. The number of fused-ring (bicyclic) bond motifs is 5. The molecule has 1 aliphatic rings. The molecule has 4 aromatic heterocycles. The molecule has 11 rings (SSSR count). The quantitative estimate of drug-likeness (QED) is 0.163. The molecule has 0 spiro atoms. The summed E-state index contributed by atoms with van der Waals surface area (Å²) in [5.41, 5.74) is 15.4. The molecule has 0 saturated carbocycles. The molecule has 0 saturated heterocycles. The van der Waals surface area contributed by atoms with Gasteiger partial charge in [0, 0.05) is 45.1 Å². The van der Waals surface area contributed by atoms with E-state index in [1.165, 1.54) is 11.1 Å². The average molecular weight is 756 g/mol. The highest BCUT2D eigenvalue weighted by Crippen LogP contribution is 2.44. The van der Waals surface area contributed by atoms with Gasteiger partial charge >= 0.3 is 0 Å². The molecule has 6 aromatic carbocycles. The van der Waals surface area contributed by atoms with Crippen molar-refractivity contribution in [2.45, 2.75) is 12.3 Å². The van der Waals surface area contributed by atoms with Crippen molar-refractivity contribution in [3.8, 4) is 56.2 Å². The van der Waals surface area contributed by atoms with Crippen LogP contribution in [0.1, 0.15) is 23.6 Å². The topological polar surface area (TPSA) is 56.0 Å². The van der Waals surface area contributed by atoms with Crippen molar-refractivity contribution in [1.82, 2.24) is 24.3 Å². The number of benzene rings is 6. The number of hydrogen-bond acceptors (Lipinski definition) is 4. The fraction of sp³-hybridized carbons (Fsp3) is 0.0370. The van der Waals surface area contributed by atoms with E-state index in [2.05, 4.69) is 174 Å². The van der Waals surface area contributed by atoms with Crippen molar-refractivity contribution in [3.05, 3.63) is 218 Å². The van der Waals surface area contributed by atoms with E-state index in [1.807, 2.05) is 36.4 Å². The van der Waals surface area contributed by atoms with E-state index >= 15 is 0 Å². The van der Waals surface area contributed by atoms with Gasteiger partial charge in [0.15, 0.2) is 11.5 Å². The summed E-state index contributed by atoms with van der Waals surface area (Å²) in [6.45, 7) is 0. The summed E-state index contributed by atoms with van der Waals surface area (Å²) in [5.74, 6) is 0.682. The molecule has 1 unspecified atom stereocenters. The SMILES string of the molecule is C1=CC(c2nc3c(nc4ccccn43)c3ccccc23)CC(c2c(-c3ccc(-c4ccccc4)cc3)nc(-c3ccccc3)nc2-c2ccc(-c3ccccc3)cc2)=C1. The van der Waals surface area contributed by atoms with Crippen LogP contribution in [0.15, 0.2) is 206 Å². The van der Waals surface area contributed by atoms with E-state index in [1.54, 1.807) is 0 Å². The Bertz CT molecular complexity index is 3100. The van der Waals surface area contributed by atoms with Gasteiger partial charge in [0.2, 0.25) is 0 Å². The number of hydrogen-bond donors (Lipinski definition) is 0. The molecule has 4 heterocycles. The largest absolute Gasteiger partial charge is 0.284 e. The summed E-state index contributed by atoms with van der Waals surface area (Å²) >= 11 is 0. The van der Waals surface area contributed by atoms with Crippen molar-refractivity contribution in [3.63, 3.8) is 0 Å². The van der Waals surface area contributed by atoms with Crippen LogP contribution in [0.25, 0.3) is 89.3 Å². The minimum absolute atomic E-state index is 0.00558. The lowest BCUT2D eigenvalue weighted by atomic mass is 9.83. The van der Waals surface area contributed by atoms with Gasteiger partial charge in [-0.3, -0.25) is 4.40 Å². The second-order valence-electron chi connectivity index (χ2n) is 15.0. The highest BCUT2D eigenvalue weighted by molar-refractivity contribution is 6.05. The summed E-state index contributed by atoms with van der Waals surface area (Å²) in [6.07, 6.45) is 9.49. The van der Waals surface area contributed by atoms with Gasteiger partial charge in [0.1, 0.15) is 11.2 Å². The Labute approximate surface area is 342 Å². The lowest BCUT2D eigenvalue weighted by Crippen LogP contribution is -2.09. The van der Waals surface area contributed by atoms with Crippen molar-refractivity contribution in [1.29, 1.82) is 0 Å². The van der Waals surface area contributed by atoms with Gasteiger partial charge in [-0.05, 0) is 46.4 Å². The summed E-state index contributed by atoms with van der Waals surface area (Å²) < 4.78 is 2.10. The third-order valence-corrected chi connectivity index (χ3v) is 11.4. The predicted molar refractivity (Wildman–Crippen MR) is 242 cm³/mol. The zero-order chi connectivity index (χ0) is 39.1.